The van der Waals surface area contributed by atoms with Gasteiger partial charge in [-0.25, -0.2) is 19.9 Å². The van der Waals surface area contributed by atoms with Gasteiger partial charge in [-0.15, -0.1) is 0 Å². The molecule has 0 aliphatic carbocycles. The lowest BCUT2D eigenvalue weighted by molar-refractivity contribution is -0.148. The third-order valence-electron chi connectivity index (χ3n) is 13.5. The SMILES string of the molecule is CC(C)C(C)(c1ccc(-c2cnc(N)nc2)cc1)c1noc(N2CCC(C(=O)O)CC2)n1.CCOC(=O)C1CCN(c2nc(C(C)(c3ccc(-c4cnc(N)nc4)cc3)C(C)C)no2)CC1. The maximum absolute atomic E-state index is 12.0. The quantitative estimate of drug-likeness (QED) is 0.0967. The topological polar surface area (TPSA) is 252 Å². The second-order valence-electron chi connectivity index (χ2n) is 17.9. The summed E-state index contributed by atoms with van der Waals surface area (Å²) in [7, 11) is 0. The molecule has 0 saturated carbocycles. The van der Waals surface area contributed by atoms with Crippen LogP contribution in [0.2, 0.25) is 0 Å². The molecule has 8 rings (SSSR count). The maximum atomic E-state index is 12.0. The summed E-state index contributed by atoms with van der Waals surface area (Å²) in [4.78, 5) is 53.1. The van der Waals surface area contributed by atoms with Crippen LogP contribution >= 0.6 is 0 Å². The zero-order valence-electron chi connectivity index (χ0n) is 38.7. The Kier molecular flexibility index (Phi) is 14.3. The van der Waals surface area contributed by atoms with Crippen molar-refractivity contribution < 1.29 is 28.5 Å². The molecule has 2 unspecified atom stereocenters. The van der Waals surface area contributed by atoms with Gasteiger partial charge >= 0.3 is 24.0 Å². The molecule has 2 aliphatic rings. The second-order valence-corrected chi connectivity index (χ2v) is 17.9. The molecule has 4 aromatic heterocycles. The first kappa shape index (κ1) is 47.0. The van der Waals surface area contributed by atoms with Gasteiger partial charge in [-0.05, 0) is 80.5 Å². The van der Waals surface area contributed by atoms with E-state index in [0.29, 0.717) is 82.1 Å². The van der Waals surface area contributed by atoms with Crippen molar-refractivity contribution >= 4 is 35.9 Å². The number of rotatable bonds is 13. The summed E-state index contributed by atoms with van der Waals surface area (Å²) in [5.74, 6) is 0.967. The van der Waals surface area contributed by atoms with Crippen molar-refractivity contribution in [1.29, 1.82) is 0 Å². The van der Waals surface area contributed by atoms with Crippen LogP contribution in [0.3, 0.4) is 0 Å². The number of esters is 1. The van der Waals surface area contributed by atoms with Crippen molar-refractivity contribution in [2.24, 2.45) is 23.7 Å². The number of carboxylic acids is 1. The number of hydrogen-bond acceptors (Lipinski definition) is 17. The molecule has 66 heavy (non-hydrogen) atoms. The highest BCUT2D eigenvalue weighted by atomic mass is 16.5. The van der Waals surface area contributed by atoms with Crippen molar-refractivity contribution in [3.63, 3.8) is 0 Å². The van der Waals surface area contributed by atoms with Crippen molar-refractivity contribution in [3.8, 4) is 22.3 Å². The molecule has 2 aromatic carbocycles. The Labute approximate surface area is 384 Å². The number of aliphatic carboxylic acids is 1. The summed E-state index contributed by atoms with van der Waals surface area (Å²) >= 11 is 0. The van der Waals surface area contributed by atoms with E-state index in [0.717, 1.165) is 33.4 Å². The Morgan fingerprint density at radius 3 is 1.35 bits per heavy atom. The minimum atomic E-state index is -0.739. The Morgan fingerprint density at radius 1 is 0.652 bits per heavy atom. The average molecular weight is 901 g/mol. The van der Waals surface area contributed by atoms with E-state index in [1.54, 1.807) is 24.8 Å². The highest BCUT2D eigenvalue weighted by Crippen LogP contribution is 2.41. The summed E-state index contributed by atoms with van der Waals surface area (Å²) in [6.07, 6.45) is 9.43. The largest absolute Gasteiger partial charge is 0.481 e. The average Bonchev–Trinajstić information content (AvgIpc) is 4.04. The van der Waals surface area contributed by atoms with Gasteiger partial charge in [0, 0.05) is 62.1 Å². The maximum Gasteiger partial charge on any atom is 0.324 e. The van der Waals surface area contributed by atoms with Gasteiger partial charge < -0.3 is 40.2 Å². The fourth-order valence-corrected chi connectivity index (χ4v) is 8.43. The van der Waals surface area contributed by atoms with E-state index < -0.39 is 16.8 Å². The monoisotopic (exact) mass is 900 g/mol. The number of piperidine rings is 2. The number of hydrogen-bond donors (Lipinski definition) is 3. The van der Waals surface area contributed by atoms with Gasteiger partial charge in [-0.1, -0.05) is 86.5 Å². The molecule has 6 aromatic rings. The molecule has 6 heterocycles. The Bertz CT molecular complexity index is 2530. The molecule has 2 fully saturated rings. The summed E-state index contributed by atoms with van der Waals surface area (Å²) in [6.45, 7) is 17.6. The van der Waals surface area contributed by atoms with Crippen molar-refractivity contribution in [2.45, 2.75) is 85.0 Å². The van der Waals surface area contributed by atoms with E-state index in [4.69, 9.17) is 35.2 Å². The fraction of sp³-hybridized carbons (Fsp3) is 0.458. The van der Waals surface area contributed by atoms with E-state index in [2.05, 4.69) is 101 Å². The molecular weight excluding hydrogens is 841 g/mol. The minimum absolute atomic E-state index is 0.0653. The number of anilines is 4. The third kappa shape index (κ3) is 9.96. The zero-order chi connectivity index (χ0) is 47.2. The predicted octanol–water partition coefficient (Wildman–Crippen LogP) is 7.22. The first-order valence-electron chi connectivity index (χ1n) is 22.6. The Balaban J connectivity index is 0.000000197. The number of aromatic nitrogens is 8. The van der Waals surface area contributed by atoms with Crippen LogP contribution in [-0.2, 0) is 25.2 Å². The van der Waals surface area contributed by atoms with E-state index in [1.165, 1.54) is 0 Å². The Morgan fingerprint density at radius 2 is 1.02 bits per heavy atom. The van der Waals surface area contributed by atoms with Gasteiger partial charge in [-0.2, -0.15) is 9.97 Å². The lowest BCUT2D eigenvalue weighted by Gasteiger charge is -2.31. The van der Waals surface area contributed by atoms with Gasteiger partial charge in [0.25, 0.3) is 0 Å². The molecular formula is C48H60N12O6. The van der Waals surface area contributed by atoms with E-state index in [-0.39, 0.29) is 41.5 Å². The standard InChI is InChI=1S/C25H32N6O3.C23H28N6O3/c1-5-33-21(32)18-10-12-31(13-11-18)24-29-22(30-34-24)25(4,16(2)3)20-8-6-17(7-9-20)19-14-27-23(26)28-15-19;1-14(2)23(3,18-6-4-15(5-7-18)17-12-25-21(24)26-13-17)20-27-22(32-28-20)29-10-8-16(9-11-29)19(30)31/h6-9,14-16,18H,5,10-13H2,1-4H3,(H2,26,27,28);4-7,12-14,16H,8-11H2,1-3H3,(H,30,31)(H2,24,25,26). The molecule has 18 nitrogen and oxygen atoms in total. The zero-order valence-corrected chi connectivity index (χ0v) is 38.7. The molecule has 348 valence electrons. The summed E-state index contributed by atoms with van der Waals surface area (Å²) in [5, 5.41) is 17.9. The first-order chi connectivity index (χ1) is 31.6. The van der Waals surface area contributed by atoms with Gasteiger partial charge in [0.05, 0.1) is 29.3 Å². The molecule has 2 atom stereocenters. The predicted molar refractivity (Wildman–Crippen MR) is 249 cm³/mol. The van der Waals surface area contributed by atoms with Gasteiger partial charge in [0.1, 0.15) is 0 Å². The van der Waals surface area contributed by atoms with Crippen LogP contribution in [0.4, 0.5) is 23.9 Å². The molecule has 2 aliphatic heterocycles. The number of nitrogens with zero attached hydrogens (tertiary/aromatic N) is 10. The number of carboxylic acid groups (broad SMARTS) is 1. The molecule has 0 amide bonds. The molecule has 0 radical (unpaired) electrons. The normalized spacial score (nSPS) is 16.6. The molecule has 0 spiro atoms. The second kappa shape index (κ2) is 20.0. The van der Waals surface area contributed by atoms with E-state index in [9.17, 15) is 14.7 Å². The lowest BCUT2D eigenvalue weighted by Crippen LogP contribution is -2.37. The Hall–Kier alpha value is -6.98. The number of ether oxygens (including phenoxy) is 1. The minimum Gasteiger partial charge on any atom is -0.481 e. The number of carbonyl (C=O) groups is 2. The molecule has 18 heteroatoms. The number of nitrogen functional groups attached to an aromatic ring is 2. The molecule has 0 bridgehead atoms. The highest BCUT2D eigenvalue weighted by Gasteiger charge is 2.40. The number of nitrogens with two attached hydrogens (primary N) is 2. The van der Waals surface area contributed by atoms with Crippen LogP contribution in [0.25, 0.3) is 22.3 Å². The van der Waals surface area contributed by atoms with Gasteiger partial charge in [0.15, 0.2) is 11.6 Å². The smallest absolute Gasteiger partial charge is 0.324 e. The van der Waals surface area contributed by atoms with Crippen LogP contribution in [0.5, 0.6) is 0 Å². The van der Waals surface area contributed by atoms with Crippen molar-refractivity contribution in [2.75, 3.05) is 54.1 Å². The van der Waals surface area contributed by atoms with Crippen molar-refractivity contribution in [1.82, 2.24) is 40.2 Å². The van der Waals surface area contributed by atoms with Crippen LogP contribution in [-0.4, -0.2) is 90.0 Å². The van der Waals surface area contributed by atoms with Crippen LogP contribution in [0.1, 0.15) is 96.9 Å². The highest BCUT2D eigenvalue weighted by molar-refractivity contribution is 5.73. The lowest BCUT2D eigenvalue weighted by atomic mass is 9.72. The van der Waals surface area contributed by atoms with E-state index >= 15 is 0 Å². The van der Waals surface area contributed by atoms with Crippen LogP contribution in [0.15, 0.2) is 82.4 Å². The summed E-state index contributed by atoms with van der Waals surface area (Å²) in [5.41, 5.74) is 16.2. The van der Waals surface area contributed by atoms with Gasteiger partial charge in [-0.3, -0.25) is 9.59 Å². The van der Waals surface area contributed by atoms with Gasteiger partial charge in [0.2, 0.25) is 11.9 Å². The van der Waals surface area contributed by atoms with Crippen LogP contribution in [0, 0.1) is 23.7 Å². The summed E-state index contributed by atoms with van der Waals surface area (Å²) in [6, 6.07) is 17.4. The third-order valence-corrected chi connectivity index (χ3v) is 13.5. The van der Waals surface area contributed by atoms with E-state index in [1.807, 2.05) is 36.1 Å². The van der Waals surface area contributed by atoms with Crippen molar-refractivity contribution in [3.05, 3.63) is 96.1 Å². The molecule has 2 saturated heterocycles. The van der Waals surface area contributed by atoms with Crippen LogP contribution < -0.4 is 21.3 Å². The molecule has 5 N–H and O–H groups in total. The summed E-state index contributed by atoms with van der Waals surface area (Å²) < 4.78 is 16.5. The number of benzene rings is 2. The number of carbonyl (C=O) groups excluding carboxylic acids is 1. The first-order valence-corrected chi connectivity index (χ1v) is 22.6. The fourth-order valence-electron chi connectivity index (χ4n) is 8.43.